The quantitative estimate of drug-likeness (QED) is 0.337. The number of para-hydroxylation sites is 1. The molecule has 0 bridgehead atoms. The van der Waals surface area contributed by atoms with Crippen LogP contribution in [0, 0.1) is 0 Å². The van der Waals surface area contributed by atoms with Gasteiger partial charge >= 0.3 is 5.97 Å². The Balaban J connectivity index is 1.83. The van der Waals surface area contributed by atoms with E-state index in [-0.39, 0.29) is 11.3 Å². The molecule has 0 aliphatic carbocycles. The lowest BCUT2D eigenvalue weighted by Gasteiger charge is -2.16. The van der Waals surface area contributed by atoms with Gasteiger partial charge in [0, 0.05) is 23.1 Å². The highest BCUT2D eigenvalue weighted by Gasteiger charge is 2.21. The zero-order chi connectivity index (χ0) is 26.5. The predicted molar refractivity (Wildman–Crippen MR) is 139 cm³/mol. The highest BCUT2D eigenvalue weighted by atomic mass is 16.5. The van der Waals surface area contributed by atoms with Crippen molar-refractivity contribution in [2.24, 2.45) is 0 Å². The van der Waals surface area contributed by atoms with Gasteiger partial charge in [0.15, 0.2) is 23.0 Å². The molecule has 190 valence electrons. The second-order valence-electron chi connectivity index (χ2n) is 7.84. The number of benzene rings is 3. The molecule has 1 heterocycles. The summed E-state index contributed by atoms with van der Waals surface area (Å²) in [6, 6.07) is 17.4. The van der Waals surface area contributed by atoms with Crippen molar-refractivity contribution in [1.82, 2.24) is 4.98 Å². The topological polar surface area (TPSA) is 105 Å². The van der Waals surface area contributed by atoms with E-state index in [9.17, 15) is 9.59 Å². The van der Waals surface area contributed by atoms with E-state index in [1.54, 1.807) is 32.4 Å². The average molecular weight is 503 g/mol. The number of carbonyl (C=O) groups excluding carboxylic acids is 2. The molecule has 37 heavy (non-hydrogen) atoms. The van der Waals surface area contributed by atoms with Gasteiger partial charge < -0.3 is 29.0 Å². The highest BCUT2D eigenvalue weighted by molar-refractivity contribution is 6.15. The van der Waals surface area contributed by atoms with Crippen LogP contribution in [-0.4, -0.2) is 52.4 Å². The first-order valence-corrected chi connectivity index (χ1v) is 11.2. The minimum Gasteiger partial charge on any atom is -0.493 e. The van der Waals surface area contributed by atoms with Crippen molar-refractivity contribution in [1.29, 1.82) is 0 Å². The Hall–Kier alpha value is -4.79. The third kappa shape index (κ3) is 4.97. The first-order chi connectivity index (χ1) is 17.9. The Morgan fingerprint density at radius 3 is 2.03 bits per heavy atom. The molecule has 0 saturated carbocycles. The van der Waals surface area contributed by atoms with Gasteiger partial charge in [-0.2, -0.15) is 0 Å². The number of nitrogens with one attached hydrogen (secondary N) is 1. The molecule has 0 radical (unpaired) electrons. The molecule has 0 saturated heterocycles. The van der Waals surface area contributed by atoms with Gasteiger partial charge in [0.2, 0.25) is 0 Å². The lowest BCUT2D eigenvalue weighted by Crippen LogP contribution is -2.16. The summed E-state index contributed by atoms with van der Waals surface area (Å²) in [5.41, 5.74) is 2.61. The molecule has 0 fully saturated rings. The molecule has 9 heteroatoms. The monoisotopic (exact) mass is 502 g/mol. The third-order valence-electron chi connectivity index (χ3n) is 5.82. The van der Waals surface area contributed by atoms with Crippen LogP contribution in [0.3, 0.4) is 0 Å². The number of nitrogens with zero attached hydrogens (tertiary/aromatic N) is 1. The molecule has 9 nitrogen and oxygen atoms in total. The summed E-state index contributed by atoms with van der Waals surface area (Å²) in [6.07, 6.45) is 0. The molecule has 0 unspecified atom stereocenters. The van der Waals surface area contributed by atoms with E-state index in [1.165, 1.54) is 33.5 Å². The zero-order valence-electron chi connectivity index (χ0n) is 21.1. The number of hydrogen-bond donors (Lipinski definition) is 1. The summed E-state index contributed by atoms with van der Waals surface area (Å²) in [4.78, 5) is 30.9. The van der Waals surface area contributed by atoms with Gasteiger partial charge in [0.05, 0.1) is 63.6 Å². The van der Waals surface area contributed by atoms with Crippen LogP contribution in [0.15, 0.2) is 60.7 Å². The minimum atomic E-state index is -0.637. The number of ether oxygens (including phenoxy) is 5. The predicted octanol–water partition coefficient (Wildman–Crippen LogP) is 4.98. The molecule has 3 aromatic carbocycles. The van der Waals surface area contributed by atoms with Crippen LogP contribution in [0.1, 0.15) is 20.7 Å². The standard InChI is InChI=1S/C28H26N2O7/c1-33-23-11-10-16(12-24(23)34-2)21-13-18(17-8-6-7-9-20(17)29-21)27(31)30-22-15-26(36-4)25(35-3)14-19(22)28(32)37-5/h6-15H,1-5H3,(H,30,31). The van der Waals surface area contributed by atoms with Crippen LogP contribution in [0.25, 0.3) is 22.2 Å². The van der Waals surface area contributed by atoms with E-state index < -0.39 is 11.9 Å². The molecule has 4 rings (SSSR count). The first kappa shape index (κ1) is 25.3. The van der Waals surface area contributed by atoms with Gasteiger partial charge in [-0.05, 0) is 30.3 Å². The molecule has 0 aliphatic rings. The van der Waals surface area contributed by atoms with E-state index in [4.69, 9.17) is 28.7 Å². The lowest BCUT2D eigenvalue weighted by molar-refractivity contribution is 0.0601. The maximum absolute atomic E-state index is 13.6. The summed E-state index contributed by atoms with van der Waals surface area (Å²) in [5, 5.41) is 3.47. The van der Waals surface area contributed by atoms with Crippen LogP contribution >= 0.6 is 0 Å². The molecule has 1 N–H and O–H groups in total. The van der Waals surface area contributed by atoms with Crippen LogP contribution in [0.4, 0.5) is 5.69 Å². The van der Waals surface area contributed by atoms with Crippen molar-refractivity contribution in [3.8, 4) is 34.3 Å². The Bertz CT molecular complexity index is 1480. The number of pyridine rings is 1. The zero-order valence-corrected chi connectivity index (χ0v) is 21.1. The number of esters is 1. The summed E-state index contributed by atoms with van der Waals surface area (Å²) in [7, 11) is 7.29. The summed E-state index contributed by atoms with van der Waals surface area (Å²) < 4.78 is 26.3. The van der Waals surface area contributed by atoms with Crippen molar-refractivity contribution in [3.05, 3.63) is 71.8 Å². The SMILES string of the molecule is COC(=O)c1cc(OC)c(OC)cc1NC(=O)c1cc(-c2ccc(OC)c(OC)c2)nc2ccccc12. The maximum Gasteiger partial charge on any atom is 0.340 e. The number of anilines is 1. The van der Waals surface area contributed by atoms with E-state index in [2.05, 4.69) is 5.32 Å². The molecular weight excluding hydrogens is 476 g/mol. The number of aromatic nitrogens is 1. The summed E-state index contributed by atoms with van der Waals surface area (Å²) in [5.74, 6) is 0.699. The number of methoxy groups -OCH3 is 5. The van der Waals surface area contributed by atoms with Gasteiger partial charge in [0.1, 0.15) is 0 Å². The molecular formula is C28H26N2O7. The minimum absolute atomic E-state index is 0.118. The van der Waals surface area contributed by atoms with Gasteiger partial charge in [-0.15, -0.1) is 0 Å². The van der Waals surface area contributed by atoms with Gasteiger partial charge in [0.25, 0.3) is 5.91 Å². The largest absolute Gasteiger partial charge is 0.493 e. The number of carbonyl (C=O) groups is 2. The normalized spacial score (nSPS) is 10.5. The fraction of sp³-hybridized carbons (Fsp3) is 0.179. The third-order valence-corrected chi connectivity index (χ3v) is 5.82. The smallest absolute Gasteiger partial charge is 0.340 e. The molecule has 4 aromatic rings. The maximum atomic E-state index is 13.6. The van der Waals surface area contributed by atoms with E-state index >= 15 is 0 Å². The van der Waals surface area contributed by atoms with Crippen LogP contribution in [0.2, 0.25) is 0 Å². The van der Waals surface area contributed by atoms with Crippen molar-refractivity contribution >= 4 is 28.5 Å². The lowest BCUT2D eigenvalue weighted by atomic mass is 10.0. The van der Waals surface area contributed by atoms with Gasteiger partial charge in [-0.25, -0.2) is 9.78 Å². The Kier molecular flexibility index (Phi) is 7.43. The van der Waals surface area contributed by atoms with Crippen LogP contribution < -0.4 is 24.3 Å². The number of hydrogen-bond acceptors (Lipinski definition) is 8. The Morgan fingerprint density at radius 2 is 1.35 bits per heavy atom. The van der Waals surface area contributed by atoms with Gasteiger partial charge in [-0.3, -0.25) is 4.79 Å². The van der Waals surface area contributed by atoms with Crippen LogP contribution in [-0.2, 0) is 4.74 Å². The fourth-order valence-electron chi connectivity index (χ4n) is 3.96. The molecule has 0 aliphatic heterocycles. The van der Waals surface area contributed by atoms with Crippen molar-refractivity contribution < 1.29 is 33.3 Å². The van der Waals surface area contributed by atoms with Crippen molar-refractivity contribution in [2.75, 3.05) is 40.9 Å². The van der Waals surface area contributed by atoms with Crippen molar-refractivity contribution in [2.45, 2.75) is 0 Å². The number of amides is 1. The Morgan fingerprint density at radius 1 is 0.703 bits per heavy atom. The summed E-state index contributed by atoms with van der Waals surface area (Å²) in [6.45, 7) is 0. The number of fused-ring (bicyclic) bond motifs is 1. The van der Waals surface area contributed by atoms with Gasteiger partial charge in [-0.1, -0.05) is 18.2 Å². The fourth-order valence-corrected chi connectivity index (χ4v) is 3.96. The molecule has 0 spiro atoms. The number of rotatable bonds is 8. The van der Waals surface area contributed by atoms with Crippen LogP contribution in [0.5, 0.6) is 23.0 Å². The van der Waals surface area contributed by atoms with Crippen molar-refractivity contribution in [3.63, 3.8) is 0 Å². The van der Waals surface area contributed by atoms with E-state index in [0.29, 0.717) is 45.2 Å². The summed E-state index contributed by atoms with van der Waals surface area (Å²) >= 11 is 0. The molecule has 1 amide bonds. The highest BCUT2D eigenvalue weighted by Crippen LogP contribution is 2.36. The molecule has 0 atom stereocenters. The second kappa shape index (κ2) is 10.9. The Labute approximate surface area is 213 Å². The van der Waals surface area contributed by atoms with E-state index in [1.807, 2.05) is 30.3 Å². The average Bonchev–Trinajstić information content (AvgIpc) is 2.95. The first-order valence-electron chi connectivity index (χ1n) is 11.2. The second-order valence-corrected chi connectivity index (χ2v) is 7.84. The van der Waals surface area contributed by atoms with E-state index in [0.717, 1.165) is 5.56 Å². The molecule has 1 aromatic heterocycles.